The molecule has 0 spiro atoms. The first-order valence-corrected chi connectivity index (χ1v) is 11.9. The Labute approximate surface area is 206 Å². The summed E-state index contributed by atoms with van der Waals surface area (Å²) < 4.78 is 17.2. The van der Waals surface area contributed by atoms with Gasteiger partial charge in [-0.15, -0.1) is 10.2 Å². The summed E-state index contributed by atoms with van der Waals surface area (Å²) in [5.41, 5.74) is 4.30. The quantitative estimate of drug-likeness (QED) is 0.328. The number of benzene rings is 3. The van der Waals surface area contributed by atoms with Crippen molar-refractivity contribution in [1.82, 2.24) is 15.2 Å². The summed E-state index contributed by atoms with van der Waals surface area (Å²) in [5, 5.41) is 13.5. The molecule has 1 atom stereocenters. The number of para-hydroxylation sites is 1. The van der Waals surface area contributed by atoms with Crippen LogP contribution in [0.5, 0.6) is 17.4 Å². The van der Waals surface area contributed by atoms with E-state index in [9.17, 15) is 0 Å². The van der Waals surface area contributed by atoms with E-state index in [-0.39, 0.29) is 0 Å². The third-order valence-corrected chi connectivity index (χ3v) is 6.49. The number of hydrogen-bond acceptors (Lipinski definition) is 8. The second-order valence-corrected chi connectivity index (χ2v) is 8.84. The maximum Gasteiger partial charge on any atom is 0.247 e. The van der Waals surface area contributed by atoms with Crippen LogP contribution in [0, 0.1) is 0 Å². The Kier molecular flexibility index (Phi) is 6.42. The van der Waals surface area contributed by atoms with Crippen LogP contribution in [0.3, 0.4) is 0 Å². The van der Waals surface area contributed by atoms with Crippen molar-refractivity contribution in [2.75, 3.05) is 19.5 Å². The topological polar surface area (TPSA) is 78.4 Å². The maximum absolute atomic E-state index is 6.36. The van der Waals surface area contributed by atoms with Crippen molar-refractivity contribution in [1.29, 1.82) is 0 Å². The van der Waals surface area contributed by atoms with Crippen molar-refractivity contribution in [3.8, 4) is 28.6 Å². The zero-order valence-electron chi connectivity index (χ0n) is 18.5. The summed E-state index contributed by atoms with van der Waals surface area (Å²) >= 11 is 7.47. The number of fused-ring (bicyclic) bond motifs is 3. The van der Waals surface area contributed by atoms with E-state index < -0.39 is 6.23 Å². The van der Waals surface area contributed by atoms with E-state index >= 15 is 0 Å². The molecule has 1 unspecified atom stereocenters. The van der Waals surface area contributed by atoms with Crippen LogP contribution in [0.1, 0.15) is 17.4 Å². The molecule has 0 aliphatic carbocycles. The fourth-order valence-corrected chi connectivity index (χ4v) is 4.46. The number of rotatable bonds is 6. The smallest absolute Gasteiger partial charge is 0.247 e. The van der Waals surface area contributed by atoms with E-state index in [4.69, 9.17) is 30.8 Å². The van der Waals surface area contributed by atoms with Gasteiger partial charge in [-0.25, -0.2) is 0 Å². The molecule has 2 heterocycles. The first-order chi connectivity index (χ1) is 16.6. The predicted molar refractivity (Wildman–Crippen MR) is 133 cm³/mol. The molecule has 0 saturated heterocycles. The van der Waals surface area contributed by atoms with Crippen LogP contribution >= 0.6 is 23.4 Å². The van der Waals surface area contributed by atoms with Gasteiger partial charge in [-0.05, 0) is 42.0 Å². The van der Waals surface area contributed by atoms with E-state index in [1.165, 1.54) is 11.8 Å². The summed E-state index contributed by atoms with van der Waals surface area (Å²) in [4.78, 5) is 4.70. The SMILES string of the molecule is COc1ccc(C2Nc3ccccc3-c3nnc(SCc4ccc(Cl)cc4)nc3O2)cc1OC. The van der Waals surface area contributed by atoms with Crippen LogP contribution in [0.4, 0.5) is 5.69 Å². The summed E-state index contributed by atoms with van der Waals surface area (Å²) in [6.07, 6.45) is -0.520. The monoisotopic (exact) mass is 492 g/mol. The number of aromatic nitrogens is 3. The van der Waals surface area contributed by atoms with Gasteiger partial charge in [0.15, 0.2) is 23.4 Å². The number of nitrogens with zero attached hydrogens (tertiary/aromatic N) is 3. The molecule has 172 valence electrons. The molecular weight excluding hydrogens is 472 g/mol. The molecule has 0 amide bonds. The first kappa shape index (κ1) is 22.3. The standard InChI is InChI=1S/C25H21ClN4O3S/c1-31-20-12-9-16(13-21(20)32-2)23-27-19-6-4-3-5-18(19)22-24(33-23)28-25(30-29-22)34-14-15-7-10-17(26)11-8-15/h3-13,23,27H,14H2,1-2H3. The Morgan fingerprint density at radius 1 is 0.971 bits per heavy atom. The van der Waals surface area contributed by atoms with Crippen LogP contribution in [-0.2, 0) is 5.75 Å². The Bertz CT molecular complexity index is 1320. The minimum Gasteiger partial charge on any atom is -0.493 e. The van der Waals surface area contributed by atoms with E-state index in [2.05, 4.69) is 15.5 Å². The van der Waals surface area contributed by atoms with Crippen LogP contribution in [0.25, 0.3) is 11.3 Å². The Hall–Kier alpha value is -3.49. The Balaban J connectivity index is 1.48. The molecule has 34 heavy (non-hydrogen) atoms. The fourth-order valence-electron chi connectivity index (χ4n) is 3.60. The van der Waals surface area contributed by atoms with Gasteiger partial charge in [-0.3, -0.25) is 0 Å². The van der Waals surface area contributed by atoms with Gasteiger partial charge in [0.2, 0.25) is 11.0 Å². The highest BCUT2D eigenvalue weighted by atomic mass is 35.5. The molecule has 0 bridgehead atoms. The van der Waals surface area contributed by atoms with Gasteiger partial charge in [0.1, 0.15) is 0 Å². The number of hydrogen-bond donors (Lipinski definition) is 1. The first-order valence-electron chi connectivity index (χ1n) is 10.5. The summed E-state index contributed by atoms with van der Waals surface area (Å²) in [6.45, 7) is 0. The van der Waals surface area contributed by atoms with Crippen LogP contribution in [0.2, 0.25) is 5.02 Å². The lowest BCUT2D eigenvalue weighted by Crippen LogP contribution is -2.17. The van der Waals surface area contributed by atoms with Gasteiger partial charge in [-0.1, -0.05) is 53.7 Å². The van der Waals surface area contributed by atoms with E-state index in [0.717, 1.165) is 22.4 Å². The number of ether oxygens (including phenoxy) is 3. The van der Waals surface area contributed by atoms with E-state index in [1.54, 1.807) is 14.2 Å². The van der Waals surface area contributed by atoms with Crippen molar-refractivity contribution < 1.29 is 14.2 Å². The molecule has 1 aliphatic heterocycles. The zero-order valence-corrected chi connectivity index (χ0v) is 20.1. The largest absolute Gasteiger partial charge is 0.493 e. The highest BCUT2D eigenvalue weighted by Crippen LogP contribution is 2.41. The molecule has 5 rings (SSSR count). The van der Waals surface area contributed by atoms with E-state index in [0.29, 0.717) is 39.0 Å². The third kappa shape index (κ3) is 4.60. The molecule has 1 N–H and O–H groups in total. The minimum absolute atomic E-state index is 0.408. The molecule has 0 saturated carbocycles. The lowest BCUT2D eigenvalue weighted by Gasteiger charge is -2.20. The second kappa shape index (κ2) is 9.79. The molecule has 1 aliphatic rings. The van der Waals surface area contributed by atoms with Crippen LogP contribution in [0.15, 0.2) is 71.9 Å². The second-order valence-electron chi connectivity index (χ2n) is 7.47. The van der Waals surface area contributed by atoms with Gasteiger partial charge in [-0.2, -0.15) is 4.98 Å². The van der Waals surface area contributed by atoms with Crippen LogP contribution in [-0.4, -0.2) is 29.4 Å². The van der Waals surface area contributed by atoms with Gasteiger partial charge in [0.25, 0.3) is 0 Å². The maximum atomic E-state index is 6.36. The van der Waals surface area contributed by atoms with Crippen molar-refractivity contribution in [3.63, 3.8) is 0 Å². The molecule has 0 fully saturated rings. The number of methoxy groups -OCH3 is 2. The van der Waals surface area contributed by atoms with Gasteiger partial charge >= 0.3 is 0 Å². The molecule has 9 heteroatoms. The summed E-state index contributed by atoms with van der Waals surface area (Å²) in [7, 11) is 3.21. The van der Waals surface area contributed by atoms with Crippen molar-refractivity contribution >= 4 is 29.1 Å². The summed E-state index contributed by atoms with van der Waals surface area (Å²) in [6, 6.07) is 21.2. The average Bonchev–Trinajstić information content (AvgIpc) is 3.04. The fraction of sp³-hybridized carbons (Fsp3) is 0.160. The number of nitrogens with one attached hydrogen (secondary N) is 1. The van der Waals surface area contributed by atoms with Crippen molar-refractivity contribution in [2.45, 2.75) is 17.1 Å². The number of thioether (sulfide) groups is 1. The lowest BCUT2D eigenvalue weighted by molar-refractivity contribution is 0.224. The molecule has 3 aromatic carbocycles. The highest BCUT2D eigenvalue weighted by Gasteiger charge is 2.26. The van der Waals surface area contributed by atoms with Gasteiger partial charge in [0, 0.05) is 27.6 Å². The molecular formula is C25H21ClN4O3S. The van der Waals surface area contributed by atoms with Crippen molar-refractivity contribution in [2.24, 2.45) is 0 Å². The Morgan fingerprint density at radius 2 is 1.76 bits per heavy atom. The number of halogens is 1. The van der Waals surface area contributed by atoms with E-state index in [1.807, 2.05) is 66.7 Å². The molecule has 1 aromatic heterocycles. The third-order valence-electron chi connectivity index (χ3n) is 5.33. The number of anilines is 1. The van der Waals surface area contributed by atoms with Crippen molar-refractivity contribution in [3.05, 3.63) is 82.9 Å². The Morgan fingerprint density at radius 3 is 2.56 bits per heavy atom. The molecule has 7 nitrogen and oxygen atoms in total. The predicted octanol–water partition coefficient (Wildman–Crippen LogP) is 6.00. The molecule has 4 aromatic rings. The normalized spacial score (nSPS) is 14.1. The summed E-state index contributed by atoms with van der Waals surface area (Å²) in [5.74, 6) is 2.35. The van der Waals surface area contributed by atoms with Gasteiger partial charge in [0.05, 0.1) is 14.2 Å². The van der Waals surface area contributed by atoms with Gasteiger partial charge < -0.3 is 19.5 Å². The average molecular weight is 493 g/mol. The highest BCUT2D eigenvalue weighted by molar-refractivity contribution is 7.98. The lowest BCUT2D eigenvalue weighted by atomic mass is 10.1. The minimum atomic E-state index is -0.520. The zero-order chi connectivity index (χ0) is 23.5. The molecule has 0 radical (unpaired) electrons. The van der Waals surface area contributed by atoms with Crippen LogP contribution < -0.4 is 19.5 Å².